The van der Waals surface area contributed by atoms with Gasteiger partial charge in [-0.15, -0.1) is 0 Å². The number of aliphatic hydroxyl groups is 1. The predicted molar refractivity (Wildman–Crippen MR) is 152 cm³/mol. The highest BCUT2D eigenvalue weighted by Gasteiger charge is 2.34. The SMILES string of the molecule is C[C@H](CO)N1C[C@H](C)[C@H](CN(C)S(=O)(=O)c2cn(C)cn2)Oc2ccc(NS(=O)(=O)c3ccccc3)cc2CC1=O. The molecule has 1 amide bonds. The van der Waals surface area contributed by atoms with Crippen molar-refractivity contribution in [3.8, 4) is 5.75 Å². The molecule has 0 bridgehead atoms. The van der Waals surface area contributed by atoms with Gasteiger partial charge in [-0.1, -0.05) is 25.1 Å². The van der Waals surface area contributed by atoms with Gasteiger partial charge in [-0.3, -0.25) is 9.52 Å². The van der Waals surface area contributed by atoms with Crippen LogP contribution in [0.2, 0.25) is 0 Å². The summed E-state index contributed by atoms with van der Waals surface area (Å²) < 4.78 is 63.8. The lowest BCUT2D eigenvalue weighted by Gasteiger charge is -2.33. The second-order valence-corrected chi connectivity index (χ2v) is 14.0. The number of aryl methyl sites for hydroxylation is 1. The van der Waals surface area contributed by atoms with Gasteiger partial charge in [0.15, 0.2) is 5.03 Å². The van der Waals surface area contributed by atoms with Crippen LogP contribution in [0, 0.1) is 5.92 Å². The van der Waals surface area contributed by atoms with Crippen molar-refractivity contribution in [1.29, 1.82) is 0 Å². The summed E-state index contributed by atoms with van der Waals surface area (Å²) in [6, 6.07) is 12.0. The van der Waals surface area contributed by atoms with Crippen molar-refractivity contribution in [3.05, 3.63) is 66.6 Å². The number of carbonyl (C=O) groups is 1. The number of likely N-dealkylation sites (N-methyl/N-ethyl adjacent to an activating group) is 1. The second kappa shape index (κ2) is 12.2. The lowest BCUT2D eigenvalue weighted by Crippen LogP contribution is -2.48. The highest BCUT2D eigenvalue weighted by molar-refractivity contribution is 7.92. The molecule has 2 aromatic carbocycles. The molecule has 14 heteroatoms. The second-order valence-electron chi connectivity index (χ2n) is 10.3. The molecule has 0 saturated heterocycles. The Morgan fingerprint density at radius 3 is 2.51 bits per heavy atom. The zero-order valence-electron chi connectivity index (χ0n) is 23.3. The molecule has 3 atom stereocenters. The molecule has 1 aromatic heterocycles. The largest absolute Gasteiger partial charge is 0.488 e. The fourth-order valence-corrected chi connectivity index (χ4v) is 6.77. The first-order valence-corrected chi connectivity index (χ1v) is 16.0. The Morgan fingerprint density at radius 1 is 1.17 bits per heavy atom. The quantitative estimate of drug-likeness (QED) is 0.374. The highest BCUT2D eigenvalue weighted by Crippen LogP contribution is 2.30. The Kier molecular flexibility index (Phi) is 9.07. The van der Waals surface area contributed by atoms with Gasteiger partial charge in [-0.25, -0.2) is 21.8 Å². The van der Waals surface area contributed by atoms with Gasteiger partial charge < -0.3 is 19.3 Å². The van der Waals surface area contributed by atoms with E-state index in [2.05, 4.69) is 9.71 Å². The minimum atomic E-state index is -3.92. The number of anilines is 1. The smallest absolute Gasteiger partial charge is 0.261 e. The topological polar surface area (TPSA) is 151 Å². The van der Waals surface area contributed by atoms with E-state index in [1.165, 1.54) is 43.8 Å². The summed E-state index contributed by atoms with van der Waals surface area (Å²) in [5.74, 6) is -0.280. The number of hydrogen-bond acceptors (Lipinski definition) is 8. The number of imidazole rings is 1. The molecule has 0 saturated carbocycles. The molecule has 0 fully saturated rings. The van der Waals surface area contributed by atoms with Crippen molar-refractivity contribution in [3.63, 3.8) is 0 Å². The van der Waals surface area contributed by atoms with Crippen LogP contribution in [0.4, 0.5) is 5.69 Å². The van der Waals surface area contributed by atoms with Crippen LogP contribution < -0.4 is 9.46 Å². The zero-order chi connectivity index (χ0) is 29.9. The first-order valence-electron chi connectivity index (χ1n) is 13.0. The van der Waals surface area contributed by atoms with E-state index in [1.807, 2.05) is 6.92 Å². The van der Waals surface area contributed by atoms with Gasteiger partial charge in [0.1, 0.15) is 11.9 Å². The van der Waals surface area contributed by atoms with E-state index in [1.54, 1.807) is 47.7 Å². The number of hydrogen-bond donors (Lipinski definition) is 2. The number of carbonyl (C=O) groups excluding carboxylic acids is 1. The lowest BCUT2D eigenvalue weighted by atomic mass is 10.0. The number of nitrogens with zero attached hydrogens (tertiary/aromatic N) is 4. The number of ether oxygens (including phenoxy) is 1. The number of rotatable bonds is 9. The van der Waals surface area contributed by atoms with Crippen molar-refractivity contribution in [1.82, 2.24) is 18.8 Å². The molecular weight excluding hydrogens is 570 g/mol. The lowest BCUT2D eigenvalue weighted by molar-refractivity contribution is -0.134. The fraction of sp³-hybridized carbons (Fsp3) is 0.407. The maximum atomic E-state index is 13.4. The summed E-state index contributed by atoms with van der Waals surface area (Å²) in [5, 5.41) is 9.75. The van der Waals surface area contributed by atoms with Crippen LogP contribution in [0.25, 0.3) is 0 Å². The minimum absolute atomic E-state index is 0.0442. The van der Waals surface area contributed by atoms with E-state index in [4.69, 9.17) is 4.74 Å². The van der Waals surface area contributed by atoms with E-state index < -0.39 is 32.2 Å². The Bertz CT molecular complexity index is 1590. The summed E-state index contributed by atoms with van der Waals surface area (Å²) in [7, 11) is -4.69. The van der Waals surface area contributed by atoms with Gasteiger partial charge in [-0.05, 0) is 37.3 Å². The molecule has 0 spiro atoms. The molecule has 0 unspecified atom stereocenters. The van der Waals surface area contributed by atoms with Crippen LogP contribution in [0.3, 0.4) is 0 Å². The molecule has 1 aliphatic rings. The van der Waals surface area contributed by atoms with Crippen LogP contribution >= 0.6 is 0 Å². The van der Waals surface area contributed by atoms with E-state index in [9.17, 15) is 26.7 Å². The van der Waals surface area contributed by atoms with E-state index in [0.717, 1.165) is 4.31 Å². The van der Waals surface area contributed by atoms with Gasteiger partial charge in [0.05, 0.1) is 36.8 Å². The molecule has 4 rings (SSSR count). The van der Waals surface area contributed by atoms with Crippen molar-refractivity contribution in [2.75, 3.05) is 31.5 Å². The van der Waals surface area contributed by atoms with Crippen molar-refractivity contribution >= 4 is 31.6 Å². The number of sulfonamides is 2. The maximum Gasteiger partial charge on any atom is 0.261 e. The summed E-state index contributed by atoms with van der Waals surface area (Å²) in [5.41, 5.74) is 0.664. The predicted octanol–water partition coefficient (Wildman–Crippen LogP) is 1.69. The number of aliphatic hydroxyl groups excluding tert-OH is 1. The van der Waals surface area contributed by atoms with Gasteiger partial charge in [-0.2, -0.15) is 4.31 Å². The average molecular weight is 606 g/mol. The Balaban J connectivity index is 1.68. The normalized spacial score (nSPS) is 19.1. The fourth-order valence-electron chi connectivity index (χ4n) is 4.56. The molecule has 3 aromatic rings. The average Bonchev–Trinajstić information content (AvgIpc) is 3.40. The third kappa shape index (κ3) is 6.89. The zero-order valence-corrected chi connectivity index (χ0v) is 25.0. The molecule has 0 radical (unpaired) electrons. The van der Waals surface area contributed by atoms with Crippen molar-refractivity contribution in [2.45, 2.75) is 42.3 Å². The van der Waals surface area contributed by atoms with Crippen LogP contribution in [0.15, 0.2) is 71.0 Å². The summed E-state index contributed by atoms with van der Waals surface area (Å²) >= 11 is 0. The third-order valence-electron chi connectivity index (χ3n) is 7.02. The van der Waals surface area contributed by atoms with E-state index >= 15 is 0 Å². The number of nitrogens with one attached hydrogen (secondary N) is 1. The molecule has 2 N–H and O–H groups in total. The van der Waals surface area contributed by atoms with Crippen LogP contribution in [-0.4, -0.2) is 85.5 Å². The highest BCUT2D eigenvalue weighted by atomic mass is 32.2. The summed E-state index contributed by atoms with van der Waals surface area (Å²) in [4.78, 5) is 19.0. The molecule has 1 aliphatic heterocycles. The number of aromatic nitrogens is 2. The van der Waals surface area contributed by atoms with Crippen molar-refractivity contribution < 1.29 is 31.5 Å². The number of fused-ring (bicyclic) bond motifs is 1. The maximum absolute atomic E-state index is 13.4. The van der Waals surface area contributed by atoms with Crippen LogP contribution in [0.1, 0.15) is 19.4 Å². The standard InChI is InChI=1S/C27H35N5O7S2/c1-19-14-32(20(2)17-33)27(34)13-21-12-22(29-40(35,36)23-8-6-5-7-9-23)10-11-24(21)39-25(19)15-31(4)41(37,38)26-16-30(3)18-28-26/h5-12,16,18-20,25,29,33H,13-15,17H2,1-4H3/t19-,20+,25-/m0/s1. The Morgan fingerprint density at radius 2 is 1.88 bits per heavy atom. The Labute approximate surface area is 240 Å². The van der Waals surface area contributed by atoms with Crippen LogP contribution in [-0.2, 0) is 38.3 Å². The Hall–Kier alpha value is -3.46. The molecule has 2 heterocycles. The summed E-state index contributed by atoms with van der Waals surface area (Å²) in [6.45, 7) is 3.48. The van der Waals surface area contributed by atoms with Gasteiger partial charge >= 0.3 is 0 Å². The molecule has 41 heavy (non-hydrogen) atoms. The third-order valence-corrected chi connectivity index (χ3v) is 10.1. The number of benzene rings is 2. The first-order chi connectivity index (χ1) is 19.3. The van der Waals surface area contributed by atoms with Gasteiger partial charge in [0, 0.05) is 44.0 Å². The van der Waals surface area contributed by atoms with Gasteiger partial charge in [0.25, 0.3) is 20.0 Å². The van der Waals surface area contributed by atoms with E-state index in [-0.39, 0.29) is 53.6 Å². The number of amides is 1. The van der Waals surface area contributed by atoms with E-state index in [0.29, 0.717) is 11.3 Å². The summed E-state index contributed by atoms with van der Waals surface area (Å²) in [6.07, 6.45) is 2.01. The molecule has 12 nitrogen and oxygen atoms in total. The molecular formula is C27H35N5O7S2. The van der Waals surface area contributed by atoms with Gasteiger partial charge in [0.2, 0.25) is 5.91 Å². The molecule has 222 valence electrons. The first kappa shape index (κ1) is 30.5. The monoisotopic (exact) mass is 605 g/mol. The molecule has 0 aliphatic carbocycles. The minimum Gasteiger partial charge on any atom is -0.488 e. The van der Waals surface area contributed by atoms with Crippen molar-refractivity contribution in [2.24, 2.45) is 13.0 Å². The van der Waals surface area contributed by atoms with Crippen LogP contribution in [0.5, 0.6) is 5.75 Å².